The van der Waals surface area contributed by atoms with E-state index < -0.39 is 0 Å². The summed E-state index contributed by atoms with van der Waals surface area (Å²) in [4.78, 5) is 12.3. The van der Waals surface area contributed by atoms with Crippen LogP contribution in [0.15, 0.2) is 40.2 Å². The van der Waals surface area contributed by atoms with E-state index in [1.54, 1.807) is 10.9 Å². The number of hydrogen-bond acceptors (Lipinski definition) is 7. The molecule has 1 amide bonds. The van der Waals surface area contributed by atoms with Crippen LogP contribution in [0.4, 0.5) is 5.13 Å². The standard InChI is InChI=1S/C14H13BrN6OS2/c1-8(23-14-20-16-7-21(14)2)11(22)17-13-19-18-12(24-13)9-3-5-10(15)6-4-9/h3-8H,1-2H3,(H,17,19,22)/t8-/m1/s1. The molecule has 124 valence electrons. The largest absolute Gasteiger partial charge is 0.312 e. The van der Waals surface area contributed by atoms with E-state index in [4.69, 9.17) is 0 Å². The Kier molecular flexibility index (Phi) is 5.27. The molecule has 1 atom stereocenters. The van der Waals surface area contributed by atoms with Crippen molar-refractivity contribution in [2.75, 3.05) is 5.32 Å². The Morgan fingerprint density at radius 1 is 1.29 bits per heavy atom. The van der Waals surface area contributed by atoms with E-state index in [1.165, 1.54) is 23.1 Å². The molecular formula is C14H13BrN6OS2. The molecule has 2 aromatic heterocycles. The number of aryl methyl sites for hydroxylation is 1. The van der Waals surface area contributed by atoms with E-state index in [9.17, 15) is 4.79 Å². The van der Waals surface area contributed by atoms with Gasteiger partial charge in [-0.1, -0.05) is 51.2 Å². The van der Waals surface area contributed by atoms with Crippen molar-refractivity contribution in [3.63, 3.8) is 0 Å². The Bertz CT molecular complexity index is 847. The van der Waals surface area contributed by atoms with Gasteiger partial charge in [0, 0.05) is 17.1 Å². The fraction of sp³-hybridized carbons (Fsp3) is 0.214. The van der Waals surface area contributed by atoms with Crippen molar-refractivity contribution in [2.24, 2.45) is 7.05 Å². The molecule has 0 fully saturated rings. The van der Waals surface area contributed by atoms with Gasteiger partial charge in [-0.25, -0.2) is 0 Å². The third kappa shape index (κ3) is 4.00. The lowest BCUT2D eigenvalue weighted by atomic mass is 10.2. The highest BCUT2D eigenvalue weighted by Crippen LogP contribution is 2.28. The molecule has 0 saturated carbocycles. The number of anilines is 1. The molecule has 0 aliphatic carbocycles. The number of halogens is 1. The van der Waals surface area contributed by atoms with Crippen LogP contribution in [0.1, 0.15) is 6.92 Å². The van der Waals surface area contributed by atoms with Crippen LogP contribution in [0.2, 0.25) is 0 Å². The maximum Gasteiger partial charge on any atom is 0.239 e. The minimum Gasteiger partial charge on any atom is -0.312 e. The van der Waals surface area contributed by atoms with Crippen LogP contribution >= 0.6 is 39.0 Å². The van der Waals surface area contributed by atoms with Gasteiger partial charge in [-0.05, 0) is 19.1 Å². The van der Waals surface area contributed by atoms with Gasteiger partial charge in [-0.15, -0.1) is 20.4 Å². The fourth-order valence-corrected chi connectivity index (χ4v) is 3.59. The van der Waals surface area contributed by atoms with Gasteiger partial charge in [0.15, 0.2) is 5.16 Å². The van der Waals surface area contributed by atoms with Crippen molar-refractivity contribution in [2.45, 2.75) is 17.3 Å². The van der Waals surface area contributed by atoms with Crippen LogP contribution in [-0.2, 0) is 11.8 Å². The number of aromatic nitrogens is 5. The van der Waals surface area contributed by atoms with E-state index in [1.807, 2.05) is 38.2 Å². The Morgan fingerprint density at radius 2 is 2.04 bits per heavy atom. The molecule has 0 aliphatic heterocycles. The van der Waals surface area contributed by atoms with Crippen molar-refractivity contribution >= 4 is 50.1 Å². The average Bonchev–Trinajstić information content (AvgIpc) is 3.18. The monoisotopic (exact) mass is 424 g/mol. The van der Waals surface area contributed by atoms with Gasteiger partial charge in [0.1, 0.15) is 11.3 Å². The van der Waals surface area contributed by atoms with Gasteiger partial charge in [-0.2, -0.15) is 0 Å². The molecule has 7 nitrogen and oxygen atoms in total. The molecular weight excluding hydrogens is 412 g/mol. The molecule has 1 N–H and O–H groups in total. The van der Waals surface area contributed by atoms with Crippen molar-refractivity contribution < 1.29 is 4.79 Å². The second-order valence-electron chi connectivity index (χ2n) is 4.89. The van der Waals surface area contributed by atoms with Gasteiger partial charge < -0.3 is 4.57 Å². The number of hydrogen-bond donors (Lipinski definition) is 1. The predicted octanol–water partition coefficient (Wildman–Crippen LogP) is 3.22. The second-order valence-corrected chi connectivity index (χ2v) is 8.09. The van der Waals surface area contributed by atoms with E-state index in [2.05, 4.69) is 41.6 Å². The van der Waals surface area contributed by atoms with Crippen LogP contribution in [0.3, 0.4) is 0 Å². The maximum atomic E-state index is 12.3. The Balaban J connectivity index is 1.64. The fourth-order valence-electron chi connectivity index (χ4n) is 1.78. The smallest absolute Gasteiger partial charge is 0.239 e. The summed E-state index contributed by atoms with van der Waals surface area (Å²) in [6.07, 6.45) is 1.60. The van der Waals surface area contributed by atoms with Crippen LogP contribution in [-0.4, -0.2) is 36.1 Å². The first-order valence-electron chi connectivity index (χ1n) is 6.94. The summed E-state index contributed by atoms with van der Waals surface area (Å²) < 4.78 is 2.77. The van der Waals surface area contributed by atoms with Crippen LogP contribution in [0, 0.1) is 0 Å². The minimum atomic E-state index is -0.326. The molecule has 0 unspecified atom stereocenters. The summed E-state index contributed by atoms with van der Waals surface area (Å²) in [5.74, 6) is -0.151. The molecule has 0 saturated heterocycles. The molecule has 3 rings (SSSR count). The summed E-state index contributed by atoms with van der Waals surface area (Å²) in [5.41, 5.74) is 0.956. The van der Waals surface area contributed by atoms with Crippen molar-refractivity contribution in [3.8, 4) is 10.6 Å². The molecule has 24 heavy (non-hydrogen) atoms. The van der Waals surface area contributed by atoms with Crippen molar-refractivity contribution in [1.29, 1.82) is 0 Å². The molecule has 0 spiro atoms. The van der Waals surface area contributed by atoms with Crippen LogP contribution in [0.25, 0.3) is 10.6 Å². The lowest BCUT2D eigenvalue weighted by Gasteiger charge is -2.08. The molecule has 2 heterocycles. The number of amides is 1. The Hall–Kier alpha value is -1.78. The minimum absolute atomic E-state index is 0.151. The second kappa shape index (κ2) is 7.41. The van der Waals surface area contributed by atoms with Gasteiger partial charge in [0.05, 0.1) is 5.25 Å². The first-order chi connectivity index (χ1) is 11.5. The van der Waals surface area contributed by atoms with E-state index in [0.29, 0.717) is 10.3 Å². The number of rotatable bonds is 5. The van der Waals surface area contributed by atoms with Crippen molar-refractivity contribution in [1.82, 2.24) is 25.0 Å². The first kappa shape index (κ1) is 17.1. The molecule has 1 aromatic carbocycles. The average molecular weight is 425 g/mol. The number of benzene rings is 1. The van der Waals surface area contributed by atoms with Gasteiger partial charge in [0.25, 0.3) is 0 Å². The highest BCUT2D eigenvalue weighted by Gasteiger charge is 2.19. The summed E-state index contributed by atoms with van der Waals surface area (Å²) in [5, 5.41) is 20.3. The predicted molar refractivity (Wildman–Crippen MR) is 98.0 cm³/mol. The zero-order valence-corrected chi connectivity index (χ0v) is 16.0. The zero-order chi connectivity index (χ0) is 17.1. The molecule has 0 aliphatic rings. The van der Waals surface area contributed by atoms with Crippen LogP contribution in [0.5, 0.6) is 0 Å². The van der Waals surface area contributed by atoms with Gasteiger partial charge >= 0.3 is 0 Å². The number of carbonyl (C=O) groups is 1. The number of carbonyl (C=O) groups excluding carboxylic acids is 1. The Labute approximate surface area is 155 Å². The Morgan fingerprint density at radius 3 is 2.71 bits per heavy atom. The highest BCUT2D eigenvalue weighted by atomic mass is 79.9. The lowest BCUT2D eigenvalue weighted by molar-refractivity contribution is -0.115. The van der Waals surface area contributed by atoms with E-state index in [-0.39, 0.29) is 11.2 Å². The van der Waals surface area contributed by atoms with Gasteiger partial charge in [-0.3, -0.25) is 10.1 Å². The van der Waals surface area contributed by atoms with E-state index in [0.717, 1.165) is 15.0 Å². The third-order valence-electron chi connectivity index (χ3n) is 3.07. The van der Waals surface area contributed by atoms with Gasteiger partial charge in [0.2, 0.25) is 11.0 Å². The maximum absolute atomic E-state index is 12.3. The number of nitrogens with one attached hydrogen (secondary N) is 1. The summed E-state index contributed by atoms with van der Waals surface area (Å²) >= 11 is 6.07. The highest BCUT2D eigenvalue weighted by molar-refractivity contribution is 9.10. The SMILES string of the molecule is C[C@@H](Sc1nncn1C)C(=O)Nc1nnc(-c2ccc(Br)cc2)s1. The quantitative estimate of drug-likeness (QED) is 0.632. The van der Waals surface area contributed by atoms with Crippen LogP contribution < -0.4 is 5.32 Å². The third-order valence-corrected chi connectivity index (χ3v) is 5.63. The number of nitrogens with zero attached hydrogens (tertiary/aromatic N) is 5. The molecule has 10 heteroatoms. The molecule has 0 radical (unpaired) electrons. The molecule has 0 bridgehead atoms. The zero-order valence-electron chi connectivity index (χ0n) is 12.8. The summed E-state index contributed by atoms with van der Waals surface area (Å²) in [7, 11) is 1.84. The normalized spacial score (nSPS) is 12.1. The van der Waals surface area contributed by atoms with Crippen molar-refractivity contribution in [3.05, 3.63) is 35.1 Å². The first-order valence-corrected chi connectivity index (χ1v) is 9.43. The molecule has 3 aromatic rings. The summed E-state index contributed by atoms with van der Waals surface area (Å²) in [6, 6.07) is 7.77. The lowest BCUT2D eigenvalue weighted by Crippen LogP contribution is -2.22. The topological polar surface area (TPSA) is 85.6 Å². The van der Waals surface area contributed by atoms with E-state index >= 15 is 0 Å². The summed E-state index contributed by atoms with van der Waals surface area (Å²) in [6.45, 7) is 1.81. The number of thioether (sulfide) groups is 1.